The second kappa shape index (κ2) is 4.99. The first-order valence-corrected chi connectivity index (χ1v) is 6.93. The van der Waals surface area contributed by atoms with Gasteiger partial charge in [-0.25, -0.2) is 0 Å². The van der Waals surface area contributed by atoms with Gasteiger partial charge in [0, 0.05) is 57.1 Å². The van der Waals surface area contributed by atoms with Crippen LogP contribution in [0.1, 0.15) is 24.4 Å². The van der Waals surface area contributed by atoms with E-state index < -0.39 is 0 Å². The molecule has 18 heavy (non-hydrogen) atoms. The van der Waals surface area contributed by atoms with Crippen molar-refractivity contribution in [2.45, 2.75) is 24.9 Å². The summed E-state index contributed by atoms with van der Waals surface area (Å²) < 4.78 is 1.82. The van der Waals surface area contributed by atoms with Gasteiger partial charge in [0.15, 0.2) is 0 Å². The van der Waals surface area contributed by atoms with Crippen LogP contribution in [-0.4, -0.2) is 58.3 Å². The van der Waals surface area contributed by atoms with Crippen LogP contribution in [-0.2, 0) is 7.05 Å². The van der Waals surface area contributed by atoms with Crippen LogP contribution >= 0.6 is 0 Å². The highest BCUT2D eigenvalue weighted by Gasteiger charge is 2.31. The Hall–Kier alpha value is -0.910. The largest absolute Gasteiger partial charge is 0.323 e. The van der Waals surface area contributed by atoms with Gasteiger partial charge in [0.25, 0.3) is 0 Å². The molecular formula is C13H23N5. The quantitative estimate of drug-likeness (QED) is 0.831. The second-order valence-electron chi connectivity index (χ2n) is 5.65. The minimum Gasteiger partial charge on any atom is -0.323 e. The summed E-state index contributed by atoms with van der Waals surface area (Å²) in [6.45, 7) is 5.81. The number of rotatable bonds is 3. The average Bonchev–Trinajstić information content (AvgIpc) is 2.96. The first kappa shape index (κ1) is 12.1. The summed E-state index contributed by atoms with van der Waals surface area (Å²) in [6.07, 6.45) is 6.64. The van der Waals surface area contributed by atoms with E-state index in [-0.39, 0.29) is 6.04 Å². The number of nitrogens with zero attached hydrogens (tertiary/aromatic N) is 4. The van der Waals surface area contributed by atoms with E-state index in [1.807, 2.05) is 24.1 Å². The molecule has 5 heteroatoms. The molecule has 2 aliphatic heterocycles. The molecule has 2 atom stereocenters. The van der Waals surface area contributed by atoms with Crippen LogP contribution in [0.2, 0.25) is 0 Å². The van der Waals surface area contributed by atoms with Gasteiger partial charge in [0.2, 0.25) is 0 Å². The minimum atomic E-state index is 0.0895. The lowest BCUT2D eigenvalue weighted by molar-refractivity contribution is 0.0998. The summed E-state index contributed by atoms with van der Waals surface area (Å²) in [7, 11) is 1.94. The van der Waals surface area contributed by atoms with Crippen LogP contribution < -0.4 is 5.73 Å². The normalized spacial score (nSPS) is 27.3. The summed E-state index contributed by atoms with van der Waals surface area (Å²) in [5.74, 6) is 0. The molecule has 0 aliphatic carbocycles. The second-order valence-corrected chi connectivity index (χ2v) is 5.65. The molecule has 100 valence electrons. The first-order chi connectivity index (χ1) is 8.72. The fourth-order valence-electron chi connectivity index (χ4n) is 3.24. The molecule has 2 aliphatic rings. The third kappa shape index (κ3) is 2.43. The van der Waals surface area contributed by atoms with E-state index in [0.29, 0.717) is 0 Å². The molecule has 0 amide bonds. The fraction of sp³-hybridized carbons (Fsp3) is 0.769. The monoisotopic (exact) mass is 249 g/mol. The van der Waals surface area contributed by atoms with Gasteiger partial charge in [-0.15, -0.1) is 0 Å². The molecular weight excluding hydrogens is 226 g/mol. The van der Waals surface area contributed by atoms with Crippen molar-refractivity contribution in [3.63, 3.8) is 0 Å². The number of hydrogen-bond acceptors (Lipinski definition) is 4. The SMILES string of the molecule is Cn1cc(C(N)CN2CCN3CCCC3C2)cn1. The molecule has 1 aromatic heterocycles. The Morgan fingerprint density at radius 3 is 3.11 bits per heavy atom. The highest BCUT2D eigenvalue weighted by atomic mass is 15.3. The van der Waals surface area contributed by atoms with Crippen LogP contribution in [0, 0.1) is 0 Å². The molecule has 0 saturated carbocycles. The maximum atomic E-state index is 6.27. The molecule has 0 aromatic carbocycles. The van der Waals surface area contributed by atoms with Crippen molar-refractivity contribution in [1.29, 1.82) is 0 Å². The van der Waals surface area contributed by atoms with Crippen LogP contribution in [0.15, 0.2) is 12.4 Å². The topological polar surface area (TPSA) is 50.3 Å². The van der Waals surface area contributed by atoms with E-state index in [1.165, 1.54) is 32.5 Å². The lowest BCUT2D eigenvalue weighted by Crippen LogP contribution is -2.51. The Labute approximate surface area is 109 Å². The standard InChI is InChI=1S/C13H23N5/c1-16-8-11(7-15-16)13(14)10-17-5-6-18-4-2-3-12(18)9-17/h7-8,12-13H,2-6,9-10,14H2,1H3. The molecule has 2 unspecified atom stereocenters. The van der Waals surface area contributed by atoms with Gasteiger partial charge in [-0.05, 0) is 19.4 Å². The van der Waals surface area contributed by atoms with E-state index in [4.69, 9.17) is 5.73 Å². The van der Waals surface area contributed by atoms with Crippen molar-refractivity contribution in [3.05, 3.63) is 18.0 Å². The summed E-state index contributed by atoms with van der Waals surface area (Å²) in [5.41, 5.74) is 7.41. The number of piperazine rings is 1. The lowest BCUT2D eigenvalue weighted by atomic mass is 10.1. The summed E-state index contributed by atoms with van der Waals surface area (Å²) in [6, 6.07) is 0.867. The van der Waals surface area contributed by atoms with Crippen LogP contribution in [0.25, 0.3) is 0 Å². The van der Waals surface area contributed by atoms with Gasteiger partial charge >= 0.3 is 0 Å². The molecule has 0 bridgehead atoms. The number of fused-ring (bicyclic) bond motifs is 1. The zero-order valence-corrected chi connectivity index (χ0v) is 11.1. The van der Waals surface area contributed by atoms with Gasteiger partial charge in [-0.1, -0.05) is 0 Å². The number of aromatic nitrogens is 2. The van der Waals surface area contributed by atoms with Gasteiger partial charge in [-0.3, -0.25) is 14.5 Å². The third-order valence-electron chi connectivity index (χ3n) is 4.28. The van der Waals surface area contributed by atoms with E-state index in [1.54, 1.807) is 0 Å². The smallest absolute Gasteiger partial charge is 0.0537 e. The zero-order valence-electron chi connectivity index (χ0n) is 11.1. The zero-order chi connectivity index (χ0) is 12.5. The van der Waals surface area contributed by atoms with E-state index in [9.17, 15) is 0 Å². The summed E-state index contributed by atoms with van der Waals surface area (Å²) in [5, 5.41) is 4.19. The average molecular weight is 249 g/mol. The predicted octanol–water partition coefficient (Wildman–Crippen LogP) is 0.200. The third-order valence-corrected chi connectivity index (χ3v) is 4.28. The van der Waals surface area contributed by atoms with Crippen LogP contribution in [0.5, 0.6) is 0 Å². The first-order valence-electron chi connectivity index (χ1n) is 6.93. The fourth-order valence-corrected chi connectivity index (χ4v) is 3.24. The minimum absolute atomic E-state index is 0.0895. The Morgan fingerprint density at radius 2 is 2.33 bits per heavy atom. The summed E-state index contributed by atoms with van der Waals surface area (Å²) >= 11 is 0. The van der Waals surface area contributed by atoms with Gasteiger partial charge in [0.05, 0.1) is 6.20 Å². The van der Waals surface area contributed by atoms with E-state index in [0.717, 1.165) is 24.7 Å². The Bertz CT molecular complexity index is 402. The molecule has 3 heterocycles. The maximum absolute atomic E-state index is 6.27. The van der Waals surface area contributed by atoms with Crippen LogP contribution in [0.3, 0.4) is 0 Å². The van der Waals surface area contributed by atoms with Crippen molar-refractivity contribution >= 4 is 0 Å². The Kier molecular flexibility index (Phi) is 3.37. The number of hydrogen-bond donors (Lipinski definition) is 1. The highest BCUT2D eigenvalue weighted by molar-refractivity contribution is 5.10. The molecule has 2 saturated heterocycles. The van der Waals surface area contributed by atoms with Crippen molar-refractivity contribution < 1.29 is 0 Å². The summed E-state index contributed by atoms with van der Waals surface area (Å²) in [4.78, 5) is 5.15. The number of aryl methyl sites for hydroxylation is 1. The highest BCUT2D eigenvalue weighted by Crippen LogP contribution is 2.22. The Morgan fingerprint density at radius 1 is 1.44 bits per heavy atom. The lowest BCUT2D eigenvalue weighted by Gasteiger charge is -2.38. The molecule has 5 nitrogen and oxygen atoms in total. The van der Waals surface area contributed by atoms with Crippen molar-refractivity contribution in [2.24, 2.45) is 12.8 Å². The molecule has 2 fully saturated rings. The maximum Gasteiger partial charge on any atom is 0.0537 e. The number of nitrogens with two attached hydrogens (primary N) is 1. The van der Waals surface area contributed by atoms with Gasteiger partial charge in [0.1, 0.15) is 0 Å². The van der Waals surface area contributed by atoms with Crippen LogP contribution in [0.4, 0.5) is 0 Å². The predicted molar refractivity (Wildman–Crippen MR) is 71.2 cm³/mol. The molecule has 0 spiro atoms. The molecule has 2 N–H and O–H groups in total. The Balaban J connectivity index is 1.56. The molecule has 3 rings (SSSR count). The van der Waals surface area contributed by atoms with Gasteiger partial charge < -0.3 is 5.73 Å². The molecule has 0 radical (unpaired) electrons. The van der Waals surface area contributed by atoms with Gasteiger partial charge in [-0.2, -0.15) is 5.10 Å². The van der Waals surface area contributed by atoms with Crippen molar-refractivity contribution in [3.8, 4) is 0 Å². The molecule has 1 aromatic rings. The van der Waals surface area contributed by atoms with E-state index in [2.05, 4.69) is 14.9 Å². The van der Waals surface area contributed by atoms with Crippen molar-refractivity contribution in [1.82, 2.24) is 19.6 Å². The van der Waals surface area contributed by atoms with Crippen molar-refractivity contribution in [2.75, 3.05) is 32.7 Å². The van der Waals surface area contributed by atoms with E-state index >= 15 is 0 Å².